The van der Waals surface area contributed by atoms with Crippen molar-refractivity contribution in [2.45, 2.75) is 57.5 Å². The van der Waals surface area contributed by atoms with Crippen molar-refractivity contribution in [3.63, 3.8) is 0 Å². The largest absolute Gasteiger partial charge is 0.479 e. The fourth-order valence-electron chi connectivity index (χ4n) is 3.17. The quantitative estimate of drug-likeness (QED) is 0.811. The lowest BCUT2D eigenvalue weighted by molar-refractivity contribution is -0.144. The second kappa shape index (κ2) is 6.64. The van der Waals surface area contributed by atoms with Crippen LogP contribution in [-0.4, -0.2) is 53.3 Å². The Labute approximate surface area is 125 Å². The Morgan fingerprint density at radius 2 is 2.05 bits per heavy atom. The van der Waals surface area contributed by atoms with Crippen LogP contribution in [0.3, 0.4) is 0 Å². The van der Waals surface area contributed by atoms with Crippen molar-refractivity contribution in [3.8, 4) is 0 Å². The number of amides is 2. The lowest BCUT2D eigenvalue weighted by atomic mass is 9.99. The Morgan fingerprint density at radius 3 is 2.52 bits per heavy atom. The topological polar surface area (TPSA) is 78.9 Å². The predicted octanol–water partition coefficient (Wildman–Crippen LogP) is 1.84. The van der Waals surface area contributed by atoms with Crippen LogP contribution < -0.4 is 5.32 Å². The molecule has 1 atom stereocenters. The van der Waals surface area contributed by atoms with Gasteiger partial charge in [-0.3, -0.25) is 0 Å². The van der Waals surface area contributed by atoms with Gasteiger partial charge in [-0.25, -0.2) is 9.59 Å². The second-order valence-electron chi connectivity index (χ2n) is 6.60. The van der Waals surface area contributed by atoms with Gasteiger partial charge in [0, 0.05) is 25.6 Å². The van der Waals surface area contributed by atoms with E-state index in [1.165, 1.54) is 0 Å². The van der Waals surface area contributed by atoms with E-state index < -0.39 is 11.5 Å². The van der Waals surface area contributed by atoms with E-state index in [9.17, 15) is 14.7 Å². The molecule has 0 aromatic carbocycles. The SMILES string of the molecule is CC(C)CN(C(=O)NC1(C(=O)O)CCOC1)C1CCCC1. The number of aliphatic carboxylic acids is 1. The van der Waals surface area contributed by atoms with Gasteiger partial charge in [0.15, 0.2) is 5.54 Å². The molecule has 2 amide bonds. The van der Waals surface area contributed by atoms with Crippen LogP contribution in [0, 0.1) is 5.92 Å². The Balaban J connectivity index is 2.08. The zero-order chi connectivity index (χ0) is 15.5. The molecule has 1 aliphatic carbocycles. The Bertz CT molecular complexity index is 385. The summed E-state index contributed by atoms with van der Waals surface area (Å²) in [7, 11) is 0. The molecule has 1 unspecified atom stereocenters. The van der Waals surface area contributed by atoms with Gasteiger partial charge in [0.25, 0.3) is 0 Å². The fourth-order valence-corrected chi connectivity index (χ4v) is 3.17. The summed E-state index contributed by atoms with van der Waals surface area (Å²) in [5.41, 5.74) is -1.26. The van der Waals surface area contributed by atoms with Gasteiger partial charge in [0.05, 0.1) is 6.61 Å². The van der Waals surface area contributed by atoms with Gasteiger partial charge in [-0.2, -0.15) is 0 Å². The first-order valence-corrected chi connectivity index (χ1v) is 7.84. The summed E-state index contributed by atoms with van der Waals surface area (Å²) in [4.78, 5) is 26.0. The van der Waals surface area contributed by atoms with Crippen molar-refractivity contribution in [1.29, 1.82) is 0 Å². The first-order valence-electron chi connectivity index (χ1n) is 7.84. The van der Waals surface area contributed by atoms with Gasteiger partial charge in [-0.05, 0) is 18.8 Å². The van der Waals surface area contributed by atoms with Gasteiger partial charge in [-0.15, -0.1) is 0 Å². The van der Waals surface area contributed by atoms with E-state index in [-0.39, 0.29) is 18.7 Å². The number of urea groups is 1. The summed E-state index contributed by atoms with van der Waals surface area (Å²) in [6, 6.07) is -0.0240. The number of carboxylic acids is 1. The van der Waals surface area contributed by atoms with Gasteiger partial charge in [0.2, 0.25) is 0 Å². The molecule has 2 fully saturated rings. The third kappa shape index (κ3) is 3.67. The summed E-state index contributed by atoms with van der Waals surface area (Å²) >= 11 is 0. The third-order valence-corrected chi connectivity index (χ3v) is 4.37. The molecule has 2 rings (SSSR count). The summed E-state index contributed by atoms with van der Waals surface area (Å²) in [5.74, 6) is -0.652. The average Bonchev–Trinajstić information content (AvgIpc) is 3.07. The highest BCUT2D eigenvalue weighted by molar-refractivity contribution is 5.87. The minimum absolute atomic E-state index is 0.0499. The third-order valence-electron chi connectivity index (χ3n) is 4.37. The molecule has 0 aromatic rings. The van der Waals surface area contributed by atoms with Gasteiger partial charge in [0.1, 0.15) is 0 Å². The molecule has 0 aromatic heterocycles. The lowest BCUT2D eigenvalue weighted by Gasteiger charge is -2.34. The molecule has 0 radical (unpaired) electrons. The highest BCUT2D eigenvalue weighted by atomic mass is 16.5. The van der Waals surface area contributed by atoms with Crippen LogP contribution in [0.15, 0.2) is 0 Å². The maximum Gasteiger partial charge on any atom is 0.332 e. The number of rotatable bonds is 5. The van der Waals surface area contributed by atoms with Crippen molar-refractivity contribution in [1.82, 2.24) is 10.2 Å². The molecule has 1 aliphatic heterocycles. The van der Waals surface area contributed by atoms with E-state index in [4.69, 9.17) is 4.74 Å². The summed E-state index contributed by atoms with van der Waals surface area (Å²) in [5, 5.41) is 12.2. The molecule has 1 saturated heterocycles. The smallest absolute Gasteiger partial charge is 0.332 e. The zero-order valence-corrected chi connectivity index (χ0v) is 12.9. The lowest BCUT2D eigenvalue weighted by Crippen LogP contribution is -2.60. The van der Waals surface area contributed by atoms with E-state index in [0.29, 0.717) is 25.5 Å². The molecule has 1 saturated carbocycles. The van der Waals surface area contributed by atoms with E-state index in [1.807, 2.05) is 4.90 Å². The van der Waals surface area contributed by atoms with Crippen LogP contribution in [-0.2, 0) is 9.53 Å². The number of hydrogen-bond donors (Lipinski definition) is 2. The van der Waals surface area contributed by atoms with E-state index in [1.54, 1.807) is 0 Å². The summed E-state index contributed by atoms with van der Waals surface area (Å²) in [6.07, 6.45) is 4.63. The van der Waals surface area contributed by atoms with E-state index >= 15 is 0 Å². The molecule has 6 heteroatoms. The van der Waals surface area contributed by atoms with Crippen LogP contribution in [0.2, 0.25) is 0 Å². The van der Waals surface area contributed by atoms with Crippen molar-refractivity contribution in [3.05, 3.63) is 0 Å². The molecule has 2 aliphatic rings. The Kier molecular flexibility index (Phi) is 5.08. The molecule has 2 N–H and O–H groups in total. The van der Waals surface area contributed by atoms with E-state index in [0.717, 1.165) is 25.7 Å². The predicted molar refractivity (Wildman–Crippen MR) is 78.1 cm³/mol. The number of carbonyl (C=O) groups is 2. The van der Waals surface area contributed by atoms with Gasteiger partial charge in [-0.1, -0.05) is 26.7 Å². The summed E-state index contributed by atoms with van der Waals surface area (Å²) < 4.78 is 5.19. The number of hydrogen-bond acceptors (Lipinski definition) is 3. The number of nitrogens with one attached hydrogen (secondary N) is 1. The maximum absolute atomic E-state index is 12.6. The van der Waals surface area contributed by atoms with Crippen LogP contribution in [0.25, 0.3) is 0 Å². The standard InChI is InChI=1S/C15H26N2O4/c1-11(2)9-17(12-5-3-4-6-12)14(20)16-15(13(18)19)7-8-21-10-15/h11-12H,3-10H2,1-2H3,(H,16,20)(H,18,19). The van der Waals surface area contributed by atoms with E-state index in [2.05, 4.69) is 19.2 Å². The number of ether oxygens (including phenoxy) is 1. The molecular formula is C15H26N2O4. The minimum atomic E-state index is -1.26. The van der Waals surface area contributed by atoms with Crippen LogP contribution in [0.5, 0.6) is 0 Å². The highest BCUT2D eigenvalue weighted by Crippen LogP contribution is 2.26. The Hall–Kier alpha value is -1.30. The van der Waals surface area contributed by atoms with Crippen LogP contribution in [0.4, 0.5) is 4.79 Å². The Morgan fingerprint density at radius 1 is 1.38 bits per heavy atom. The van der Waals surface area contributed by atoms with Gasteiger partial charge >= 0.3 is 12.0 Å². The molecule has 0 bridgehead atoms. The number of carboxylic acid groups (broad SMARTS) is 1. The fraction of sp³-hybridized carbons (Fsp3) is 0.867. The van der Waals surface area contributed by atoms with Crippen molar-refractivity contribution >= 4 is 12.0 Å². The van der Waals surface area contributed by atoms with Crippen LogP contribution in [0.1, 0.15) is 46.0 Å². The first-order chi connectivity index (χ1) is 9.94. The molecule has 21 heavy (non-hydrogen) atoms. The van der Waals surface area contributed by atoms with Crippen molar-refractivity contribution < 1.29 is 19.4 Å². The maximum atomic E-state index is 12.6. The monoisotopic (exact) mass is 298 g/mol. The highest BCUT2D eigenvalue weighted by Gasteiger charge is 2.45. The molecule has 0 spiro atoms. The normalized spacial score (nSPS) is 26.2. The molecule has 6 nitrogen and oxygen atoms in total. The molecular weight excluding hydrogens is 272 g/mol. The zero-order valence-electron chi connectivity index (χ0n) is 12.9. The number of carbonyl (C=O) groups excluding carboxylic acids is 1. The molecule has 1 heterocycles. The minimum Gasteiger partial charge on any atom is -0.479 e. The van der Waals surface area contributed by atoms with Crippen molar-refractivity contribution in [2.75, 3.05) is 19.8 Å². The average molecular weight is 298 g/mol. The second-order valence-corrected chi connectivity index (χ2v) is 6.60. The molecule has 120 valence electrons. The number of nitrogens with zero attached hydrogens (tertiary/aromatic N) is 1. The van der Waals surface area contributed by atoms with Crippen LogP contribution >= 0.6 is 0 Å². The van der Waals surface area contributed by atoms with Gasteiger partial charge < -0.3 is 20.1 Å². The first kappa shape index (κ1) is 16.1. The summed E-state index contributed by atoms with van der Waals surface area (Å²) in [6.45, 7) is 5.23. The van der Waals surface area contributed by atoms with Crippen molar-refractivity contribution in [2.24, 2.45) is 5.92 Å².